The second-order valence-corrected chi connectivity index (χ2v) is 6.13. The SMILES string of the molecule is N#Cc1c(F)cccc1Oc1cc(-n2c(=O)cc(C(F)(F)F)[nH]c2=O)c(F)cc1Cl. The van der Waals surface area contributed by atoms with Crippen LogP contribution >= 0.6 is 11.6 Å². The number of nitrogens with one attached hydrogen (secondary N) is 1. The molecule has 0 aliphatic heterocycles. The van der Waals surface area contributed by atoms with Crippen LogP contribution in [0.5, 0.6) is 11.5 Å². The van der Waals surface area contributed by atoms with E-state index in [4.69, 9.17) is 21.6 Å². The summed E-state index contributed by atoms with van der Waals surface area (Å²) in [6, 6.07) is 6.46. The van der Waals surface area contributed by atoms with Gasteiger partial charge in [-0.25, -0.2) is 18.1 Å². The highest BCUT2D eigenvalue weighted by Gasteiger charge is 2.33. The van der Waals surface area contributed by atoms with Crippen LogP contribution in [0, 0.1) is 23.0 Å². The number of hydrogen-bond donors (Lipinski definition) is 1. The van der Waals surface area contributed by atoms with E-state index >= 15 is 0 Å². The van der Waals surface area contributed by atoms with Gasteiger partial charge in [0.25, 0.3) is 5.56 Å². The molecule has 0 fully saturated rings. The first-order chi connectivity index (χ1) is 14.0. The van der Waals surface area contributed by atoms with E-state index in [9.17, 15) is 31.5 Å². The number of H-pyrrole nitrogens is 1. The summed E-state index contributed by atoms with van der Waals surface area (Å²) in [5, 5.41) is 8.67. The van der Waals surface area contributed by atoms with Crippen LogP contribution in [0.3, 0.4) is 0 Å². The van der Waals surface area contributed by atoms with Crippen molar-refractivity contribution in [1.82, 2.24) is 9.55 Å². The third-order valence-electron chi connectivity index (χ3n) is 3.79. The maximum absolute atomic E-state index is 14.4. The van der Waals surface area contributed by atoms with Crippen molar-refractivity contribution in [2.45, 2.75) is 6.18 Å². The van der Waals surface area contributed by atoms with Crippen LogP contribution in [0.1, 0.15) is 11.3 Å². The Morgan fingerprint density at radius 2 is 1.77 bits per heavy atom. The molecule has 3 rings (SSSR count). The van der Waals surface area contributed by atoms with Crippen LogP contribution in [0.2, 0.25) is 5.02 Å². The highest BCUT2D eigenvalue weighted by molar-refractivity contribution is 6.32. The molecule has 6 nitrogen and oxygen atoms in total. The molecule has 1 heterocycles. The first-order valence-corrected chi connectivity index (χ1v) is 8.20. The molecule has 0 saturated carbocycles. The van der Waals surface area contributed by atoms with Crippen molar-refractivity contribution >= 4 is 11.6 Å². The molecule has 0 aliphatic rings. The van der Waals surface area contributed by atoms with Crippen molar-refractivity contribution in [1.29, 1.82) is 5.26 Å². The topological polar surface area (TPSA) is 87.9 Å². The van der Waals surface area contributed by atoms with E-state index in [0.29, 0.717) is 6.07 Å². The van der Waals surface area contributed by atoms with Gasteiger partial charge in [0, 0.05) is 12.1 Å². The molecule has 154 valence electrons. The first kappa shape index (κ1) is 21.1. The van der Waals surface area contributed by atoms with Gasteiger partial charge in [-0.2, -0.15) is 18.4 Å². The van der Waals surface area contributed by atoms with Gasteiger partial charge >= 0.3 is 11.9 Å². The lowest BCUT2D eigenvalue weighted by Gasteiger charge is -2.13. The van der Waals surface area contributed by atoms with E-state index in [0.717, 1.165) is 12.1 Å². The van der Waals surface area contributed by atoms with E-state index in [2.05, 4.69) is 0 Å². The van der Waals surface area contributed by atoms with Gasteiger partial charge in [0.2, 0.25) is 0 Å². The molecule has 0 saturated heterocycles. The summed E-state index contributed by atoms with van der Waals surface area (Å²) < 4.78 is 71.7. The van der Waals surface area contributed by atoms with Gasteiger partial charge in [0.05, 0.1) is 10.7 Å². The van der Waals surface area contributed by atoms with Gasteiger partial charge in [0.15, 0.2) is 0 Å². The van der Waals surface area contributed by atoms with Crippen LogP contribution in [-0.4, -0.2) is 9.55 Å². The lowest BCUT2D eigenvalue weighted by atomic mass is 10.2. The van der Waals surface area contributed by atoms with Crippen molar-refractivity contribution < 1.29 is 26.7 Å². The van der Waals surface area contributed by atoms with Gasteiger partial charge in [-0.15, -0.1) is 0 Å². The summed E-state index contributed by atoms with van der Waals surface area (Å²) in [6.45, 7) is 0. The summed E-state index contributed by atoms with van der Waals surface area (Å²) in [5.74, 6) is -2.82. The van der Waals surface area contributed by atoms with Gasteiger partial charge in [-0.05, 0) is 18.2 Å². The van der Waals surface area contributed by atoms with Crippen molar-refractivity contribution in [3.8, 4) is 23.3 Å². The number of nitriles is 1. The highest BCUT2D eigenvalue weighted by Crippen LogP contribution is 2.34. The Labute approximate surface area is 168 Å². The second kappa shape index (κ2) is 7.64. The number of aromatic nitrogens is 2. The van der Waals surface area contributed by atoms with Crippen LogP contribution in [0.15, 0.2) is 46.0 Å². The second-order valence-electron chi connectivity index (χ2n) is 5.72. The lowest BCUT2D eigenvalue weighted by molar-refractivity contribution is -0.141. The fourth-order valence-electron chi connectivity index (χ4n) is 2.46. The summed E-state index contributed by atoms with van der Waals surface area (Å²) in [4.78, 5) is 25.5. The highest BCUT2D eigenvalue weighted by atomic mass is 35.5. The van der Waals surface area contributed by atoms with Gasteiger partial charge < -0.3 is 9.72 Å². The van der Waals surface area contributed by atoms with Crippen LogP contribution in [0.4, 0.5) is 22.0 Å². The molecule has 0 radical (unpaired) electrons. The zero-order chi connectivity index (χ0) is 22.2. The predicted octanol–water partition coefficient (Wildman–Crippen LogP) is 4.14. The van der Waals surface area contributed by atoms with Gasteiger partial charge in [0.1, 0.15) is 40.5 Å². The Bertz CT molecular complexity index is 1280. The zero-order valence-corrected chi connectivity index (χ0v) is 15.1. The number of alkyl halides is 3. The third kappa shape index (κ3) is 3.90. The Morgan fingerprint density at radius 3 is 2.37 bits per heavy atom. The molecule has 0 spiro atoms. The van der Waals surface area contributed by atoms with Crippen LogP contribution in [-0.2, 0) is 6.18 Å². The van der Waals surface area contributed by atoms with E-state index in [-0.39, 0.29) is 27.2 Å². The number of aromatic amines is 1. The number of rotatable bonds is 3. The number of halogens is 6. The summed E-state index contributed by atoms with van der Waals surface area (Å²) in [7, 11) is 0. The zero-order valence-electron chi connectivity index (χ0n) is 14.4. The average Bonchev–Trinajstić information content (AvgIpc) is 2.64. The summed E-state index contributed by atoms with van der Waals surface area (Å²) >= 11 is 5.88. The Hall–Kier alpha value is -3.65. The van der Waals surface area contributed by atoms with Crippen LogP contribution < -0.4 is 16.0 Å². The Morgan fingerprint density at radius 1 is 1.07 bits per heavy atom. The molecule has 0 amide bonds. The number of benzene rings is 2. The van der Waals surface area contributed by atoms with Gasteiger partial charge in [-0.3, -0.25) is 4.79 Å². The Kier molecular flexibility index (Phi) is 5.37. The first-order valence-electron chi connectivity index (χ1n) is 7.82. The van der Waals surface area contributed by atoms with E-state index < -0.39 is 46.0 Å². The molecule has 30 heavy (non-hydrogen) atoms. The minimum absolute atomic E-state index is 0.0797. The molecular formula is C18H7ClF5N3O3. The molecule has 0 bridgehead atoms. The maximum atomic E-state index is 14.4. The molecule has 0 unspecified atom stereocenters. The standard InChI is InChI=1S/C18H7ClF5N3O3/c19-9-4-11(21)12(27-16(28)6-15(18(22,23)24)26-17(27)29)5-14(9)30-13-3-1-2-10(20)8(13)7-25/h1-6H,(H,26,29). The van der Waals surface area contributed by atoms with Crippen LogP contribution in [0.25, 0.3) is 5.69 Å². The number of ether oxygens (including phenoxy) is 1. The average molecular weight is 444 g/mol. The normalized spacial score (nSPS) is 11.2. The van der Waals surface area contributed by atoms with E-state index in [1.807, 2.05) is 0 Å². The number of nitrogens with zero attached hydrogens (tertiary/aromatic N) is 2. The smallest absolute Gasteiger partial charge is 0.431 e. The summed E-state index contributed by atoms with van der Waals surface area (Å²) in [5.41, 5.74) is -5.92. The molecule has 3 aromatic rings. The third-order valence-corrected chi connectivity index (χ3v) is 4.08. The molecule has 2 aromatic carbocycles. The molecular weight excluding hydrogens is 437 g/mol. The van der Waals surface area contributed by atoms with Gasteiger partial charge in [-0.1, -0.05) is 17.7 Å². The number of hydrogen-bond acceptors (Lipinski definition) is 4. The van der Waals surface area contributed by atoms with E-state index in [1.54, 1.807) is 6.07 Å². The lowest BCUT2D eigenvalue weighted by Crippen LogP contribution is -2.36. The molecule has 0 atom stereocenters. The molecule has 1 aromatic heterocycles. The Balaban J connectivity index is 2.17. The molecule has 12 heteroatoms. The monoisotopic (exact) mass is 443 g/mol. The molecule has 1 N–H and O–H groups in total. The van der Waals surface area contributed by atoms with Crippen molar-refractivity contribution in [3.63, 3.8) is 0 Å². The largest absolute Gasteiger partial charge is 0.454 e. The van der Waals surface area contributed by atoms with Crippen molar-refractivity contribution in [2.24, 2.45) is 0 Å². The summed E-state index contributed by atoms with van der Waals surface area (Å²) in [6.07, 6.45) is -5.00. The maximum Gasteiger partial charge on any atom is 0.431 e. The predicted molar refractivity (Wildman–Crippen MR) is 93.8 cm³/mol. The van der Waals surface area contributed by atoms with Crippen molar-refractivity contribution in [3.05, 3.63) is 85.2 Å². The molecule has 0 aliphatic carbocycles. The minimum atomic E-state index is -5.00. The van der Waals surface area contributed by atoms with E-state index in [1.165, 1.54) is 17.1 Å². The fourth-order valence-corrected chi connectivity index (χ4v) is 2.65. The minimum Gasteiger partial charge on any atom is -0.454 e. The fraction of sp³-hybridized carbons (Fsp3) is 0.0556. The quantitative estimate of drug-likeness (QED) is 0.616. The van der Waals surface area contributed by atoms with Crippen molar-refractivity contribution in [2.75, 3.05) is 0 Å².